The quantitative estimate of drug-likeness (QED) is 0.919. The van der Waals surface area contributed by atoms with E-state index in [0.717, 1.165) is 5.56 Å². The Labute approximate surface area is 119 Å². The van der Waals surface area contributed by atoms with Crippen LogP contribution in [0.25, 0.3) is 0 Å². The van der Waals surface area contributed by atoms with Crippen LogP contribution in [0.4, 0.5) is 4.79 Å². The van der Waals surface area contributed by atoms with Crippen LogP contribution >= 0.6 is 0 Å². The van der Waals surface area contributed by atoms with E-state index in [1.807, 2.05) is 19.1 Å². The number of rotatable bonds is 4. The maximum absolute atomic E-state index is 10.6. The molecule has 2 rings (SSSR count). The summed E-state index contributed by atoms with van der Waals surface area (Å²) in [5, 5.41) is 0. The lowest BCUT2D eigenvalue weighted by Gasteiger charge is -2.24. The van der Waals surface area contributed by atoms with Crippen molar-refractivity contribution < 1.29 is 19.0 Å². The van der Waals surface area contributed by atoms with Crippen LogP contribution in [0.1, 0.15) is 37.8 Å². The van der Waals surface area contributed by atoms with Crippen LogP contribution < -0.4 is 5.73 Å². The Morgan fingerprint density at radius 1 is 1.45 bits per heavy atom. The Bertz CT molecular complexity index is 471. The zero-order valence-corrected chi connectivity index (χ0v) is 12.1. The molecule has 20 heavy (non-hydrogen) atoms. The van der Waals surface area contributed by atoms with Crippen molar-refractivity contribution >= 4 is 6.09 Å². The molecule has 0 saturated carbocycles. The predicted octanol–water partition coefficient (Wildman–Crippen LogP) is 2.49. The molecule has 1 amide bonds. The first-order valence-corrected chi connectivity index (χ1v) is 6.75. The van der Waals surface area contributed by atoms with E-state index < -0.39 is 11.9 Å². The summed E-state index contributed by atoms with van der Waals surface area (Å²) in [5.41, 5.74) is 7.15. The van der Waals surface area contributed by atoms with Crippen LogP contribution in [-0.2, 0) is 20.0 Å². The molecule has 5 nitrogen and oxygen atoms in total. The minimum Gasteiger partial charge on any atom is -0.447 e. The van der Waals surface area contributed by atoms with Gasteiger partial charge in [-0.1, -0.05) is 38.1 Å². The van der Waals surface area contributed by atoms with Gasteiger partial charge in [-0.15, -0.1) is 0 Å². The van der Waals surface area contributed by atoms with Gasteiger partial charge in [0.05, 0.1) is 6.61 Å². The van der Waals surface area contributed by atoms with Gasteiger partial charge in [0.25, 0.3) is 0 Å². The number of amides is 1. The van der Waals surface area contributed by atoms with Crippen molar-refractivity contribution in [2.45, 2.75) is 38.6 Å². The Morgan fingerprint density at radius 3 is 2.65 bits per heavy atom. The summed E-state index contributed by atoms with van der Waals surface area (Å²) in [6, 6.07) is 8.16. The Kier molecular flexibility index (Phi) is 4.30. The van der Waals surface area contributed by atoms with Gasteiger partial charge in [-0.3, -0.25) is 0 Å². The van der Waals surface area contributed by atoms with Crippen molar-refractivity contribution in [1.29, 1.82) is 0 Å². The van der Waals surface area contributed by atoms with E-state index in [1.54, 1.807) is 0 Å². The summed E-state index contributed by atoms with van der Waals surface area (Å²) in [5.74, 6) is -0.319. The van der Waals surface area contributed by atoms with Crippen LogP contribution in [0.2, 0.25) is 0 Å². The van der Waals surface area contributed by atoms with E-state index in [-0.39, 0.29) is 12.7 Å². The second-order valence-electron chi connectivity index (χ2n) is 5.40. The number of nitrogens with two attached hydrogens (primary N) is 1. The van der Waals surface area contributed by atoms with Crippen molar-refractivity contribution in [3.8, 4) is 0 Å². The first-order valence-electron chi connectivity index (χ1n) is 6.75. The maximum Gasteiger partial charge on any atom is 0.404 e. The first-order chi connectivity index (χ1) is 9.40. The number of hydrogen-bond donors (Lipinski definition) is 1. The molecular weight excluding hydrogens is 258 g/mol. The van der Waals surface area contributed by atoms with Crippen molar-refractivity contribution in [1.82, 2.24) is 0 Å². The van der Waals surface area contributed by atoms with Crippen LogP contribution in [0.15, 0.2) is 24.3 Å². The molecule has 1 aromatic rings. The zero-order chi connectivity index (χ0) is 14.8. The highest BCUT2D eigenvalue weighted by molar-refractivity contribution is 5.64. The number of ether oxygens (including phenoxy) is 3. The van der Waals surface area contributed by atoms with Crippen molar-refractivity contribution in [2.24, 2.45) is 5.73 Å². The highest BCUT2D eigenvalue weighted by Gasteiger charge is 2.39. The summed E-state index contributed by atoms with van der Waals surface area (Å²) in [7, 11) is 0. The predicted molar refractivity (Wildman–Crippen MR) is 74.2 cm³/mol. The SMILES string of the molecule is CC(C)c1ccc([C@@]2(C)OC[C@@H](COC(N)=O)O2)cc1. The molecule has 5 heteroatoms. The molecule has 0 radical (unpaired) electrons. The van der Waals surface area contributed by atoms with Crippen molar-refractivity contribution in [3.05, 3.63) is 35.4 Å². The van der Waals surface area contributed by atoms with Crippen LogP contribution in [0.5, 0.6) is 0 Å². The van der Waals surface area contributed by atoms with Gasteiger partial charge in [-0.25, -0.2) is 4.79 Å². The molecule has 1 fully saturated rings. The molecule has 1 heterocycles. The van der Waals surface area contributed by atoms with E-state index in [1.165, 1.54) is 5.56 Å². The lowest BCUT2D eigenvalue weighted by Crippen LogP contribution is -2.27. The van der Waals surface area contributed by atoms with E-state index in [9.17, 15) is 4.79 Å². The number of carbonyl (C=O) groups is 1. The normalized spacial score (nSPS) is 25.9. The fraction of sp³-hybridized carbons (Fsp3) is 0.533. The Balaban J connectivity index is 2.03. The summed E-state index contributed by atoms with van der Waals surface area (Å²) in [4.78, 5) is 10.6. The van der Waals surface area contributed by atoms with E-state index in [0.29, 0.717) is 12.5 Å². The third kappa shape index (κ3) is 3.29. The van der Waals surface area contributed by atoms with Gasteiger partial charge in [0, 0.05) is 5.56 Å². The van der Waals surface area contributed by atoms with E-state index in [4.69, 9.17) is 19.9 Å². The summed E-state index contributed by atoms with van der Waals surface area (Å²) in [6.07, 6.45) is -1.10. The average Bonchev–Trinajstić information content (AvgIpc) is 2.80. The van der Waals surface area contributed by atoms with E-state index >= 15 is 0 Å². The minimum absolute atomic E-state index is 0.106. The standard InChI is InChI=1S/C15H21NO4/c1-10(2)11-4-6-12(7-5-11)15(3)19-9-13(20-15)8-18-14(16)17/h4-7,10,13H,8-9H2,1-3H3,(H2,16,17)/t13-,15+/m1/s1. The second kappa shape index (κ2) is 5.81. The third-order valence-electron chi connectivity index (χ3n) is 3.45. The summed E-state index contributed by atoms with van der Waals surface area (Å²) < 4.78 is 16.3. The molecule has 1 aliphatic rings. The van der Waals surface area contributed by atoms with Crippen LogP contribution in [0.3, 0.4) is 0 Å². The molecule has 0 aromatic heterocycles. The lowest BCUT2D eigenvalue weighted by atomic mass is 9.99. The molecule has 1 aliphatic heterocycles. The van der Waals surface area contributed by atoms with Crippen molar-refractivity contribution in [3.63, 3.8) is 0 Å². The molecule has 0 bridgehead atoms. The van der Waals surface area contributed by atoms with Gasteiger partial charge in [0.15, 0.2) is 5.79 Å². The first kappa shape index (κ1) is 14.8. The molecule has 2 atom stereocenters. The smallest absolute Gasteiger partial charge is 0.404 e. The minimum atomic E-state index is -0.804. The summed E-state index contributed by atoms with van der Waals surface area (Å²) in [6.45, 7) is 6.64. The molecular formula is C15H21NO4. The molecule has 1 aromatic carbocycles. The van der Waals surface area contributed by atoms with Gasteiger partial charge >= 0.3 is 6.09 Å². The fourth-order valence-electron chi connectivity index (χ4n) is 2.22. The van der Waals surface area contributed by atoms with Gasteiger partial charge in [-0.05, 0) is 18.4 Å². The van der Waals surface area contributed by atoms with Crippen LogP contribution in [0, 0.1) is 0 Å². The highest BCUT2D eigenvalue weighted by Crippen LogP contribution is 2.34. The number of carbonyl (C=O) groups excluding carboxylic acids is 1. The lowest BCUT2D eigenvalue weighted by molar-refractivity contribution is -0.165. The number of benzene rings is 1. The molecule has 0 unspecified atom stereocenters. The molecule has 110 valence electrons. The largest absolute Gasteiger partial charge is 0.447 e. The molecule has 2 N–H and O–H groups in total. The highest BCUT2D eigenvalue weighted by atomic mass is 16.8. The number of primary amides is 1. The Morgan fingerprint density at radius 2 is 2.10 bits per heavy atom. The third-order valence-corrected chi connectivity index (χ3v) is 3.45. The zero-order valence-electron chi connectivity index (χ0n) is 12.1. The Hall–Kier alpha value is -1.59. The maximum atomic E-state index is 10.6. The fourth-order valence-corrected chi connectivity index (χ4v) is 2.22. The number of hydrogen-bond acceptors (Lipinski definition) is 4. The topological polar surface area (TPSA) is 70.8 Å². The molecule has 0 spiro atoms. The van der Waals surface area contributed by atoms with Gasteiger partial charge < -0.3 is 19.9 Å². The molecule has 0 aliphatic carbocycles. The van der Waals surface area contributed by atoms with E-state index in [2.05, 4.69) is 26.0 Å². The second-order valence-corrected chi connectivity index (χ2v) is 5.40. The molecule has 1 saturated heterocycles. The van der Waals surface area contributed by atoms with Crippen LogP contribution in [-0.4, -0.2) is 25.4 Å². The van der Waals surface area contributed by atoms with Gasteiger partial charge in [0.2, 0.25) is 0 Å². The van der Waals surface area contributed by atoms with Crippen molar-refractivity contribution in [2.75, 3.05) is 13.2 Å². The van der Waals surface area contributed by atoms with Gasteiger partial charge in [-0.2, -0.15) is 0 Å². The monoisotopic (exact) mass is 279 g/mol. The average molecular weight is 279 g/mol. The summed E-state index contributed by atoms with van der Waals surface area (Å²) >= 11 is 0. The van der Waals surface area contributed by atoms with Gasteiger partial charge in [0.1, 0.15) is 12.7 Å².